The Morgan fingerprint density at radius 2 is 1.87 bits per heavy atom. The van der Waals surface area contributed by atoms with E-state index in [4.69, 9.17) is 28.4 Å². The van der Waals surface area contributed by atoms with Gasteiger partial charge in [-0.15, -0.1) is 5.10 Å². The Balaban J connectivity index is 1.58. The highest BCUT2D eigenvalue weighted by Gasteiger charge is 2.25. The van der Waals surface area contributed by atoms with Crippen LogP contribution in [0.15, 0.2) is 53.6 Å². The Hall–Kier alpha value is -3.40. The second-order valence-corrected chi connectivity index (χ2v) is 10.8. The number of nitrogens with two attached hydrogens (primary N) is 2. The van der Waals surface area contributed by atoms with Crippen LogP contribution in [0.3, 0.4) is 0 Å². The van der Waals surface area contributed by atoms with Crippen molar-refractivity contribution in [2.24, 2.45) is 22.7 Å². The number of rotatable bonds is 7. The topological polar surface area (TPSA) is 127 Å². The van der Waals surface area contributed by atoms with Crippen LogP contribution in [0.4, 0.5) is 0 Å². The number of halogens is 1. The first kappa shape index (κ1) is 27.6. The van der Waals surface area contributed by atoms with Gasteiger partial charge in [-0.1, -0.05) is 37.6 Å². The Kier molecular flexibility index (Phi) is 9.04. The van der Waals surface area contributed by atoms with Crippen LogP contribution in [0, 0.1) is 12.8 Å². The number of hydrogen-bond acceptors (Lipinski definition) is 6. The third-order valence-corrected chi connectivity index (χ3v) is 7.04. The third kappa shape index (κ3) is 6.92. The van der Waals surface area contributed by atoms with Gasteiger partial charge in [-0.3, -0.25) is 20.2 Å². The van der Waals surface area contributed by atoms with Crippen molar-refractivity contribution < 1.29 is 4.79 Å². The van der Waals surface area contributed by atoms with Crippen molar-refractivity contribution in [3.05, 3.63) is 75.9 Å². The molecule has 202 valence electrons. The van der Waals surface area contributed by atoms with Gasteiger partial charge in [0, 0.05) is 34.3 Å². The Labute approximate surface area is 229 Å². The molecule has 1 saturated heterocycles. The fourth-order valence-electron chi connectivity index (χ4n) is 5.06. The summed E-state index contributed by atoms with van der Waals surface area (Å²) in [5.41, 5.74) is 8.04. The fourth-order valence-corrected chi connectivity index (χ4v) is 5.35. The number of benzene rings is 2. The van der Waals surface area contributed by atoms with Crippen LogP contribution in [0.1, 0.15) is 59.8 Å². The summed E-state index contributed by atoms with van der Waals surface area (Å²) in [6.07, 6.45) is 2.21. The fraction of sp³-hybridized carbons (Fsp3) is 0.393. The number of likely N-dealkylation sites (tertiary alicyclic amines) is 1. The number of carbonyl (C=O) groups is 1. The molecule has 1 aromatic heterocycles. The van der Waals surface area contributed by atoms with Crippen molar-refractivity contribution in [3.63, 3.8) is 0 Å². The summed E-state index contributed by atoms with van der Waals surface area (Å²) in [4.78, 5) is 15.0. The van der Waals surface area contributed by atoms with E-state index in [1.54, 1.807) is 12.1 Å². The van der Waals surface area contributed by atoms with Crippen molar-refractivity contribution in [2.45, 2.75) is 46.1 Å². The molecule has 0 radical (unpaired) electrons. The van der Waals surface area contributed by atoms with Crippen LogP contribution in [0.2, 0.25) is 5.02 Å². The van der Waals surface area contributed by atoms with Gasteiger partial charge >= 0.3 is 0 Å². The number of nitrogens with zero attached hydrogens (tertiary/aromatic N) is 4. The van der Waals surface area contributed by atoms with E-state index < -0.39 is 0 Å². The molecule has 0 unspecified atom stereocenters. The molecule has 6 N–H and O–H groups in total. The number of hydrazone groups is 1. The number of amides is 1. The maximum atomic E-state index is 12.4. The summed E-state index contributed by atoms with van der Waals surface area (Å²) in [5.74, 6) is 11.2. The highest BCUT2D eigenvalue weighted by atomic mass is 35.5. The van der Waals surface area contributed by atoms with Crippen LogP contribution in [0.5, 0.6) is 0 Å². The van der Waals surface area contributed by atoms with E-state index in [1.165, 1.54) is 5.69 Å². The minimum Gasteiger partial charge on any atom is -0.320 e. The van der Waals surface area contributed by atoms with Crippen LogP contribution in [0.25, 0.3) is 11.3 Å². The van der Waals surface area contributed by atoms with Gasteiger partial charge in [-0.05, 0) is 86.3 Å². The number of carbonyl (C=O) groups excluding carboxylic acids is 1. The monoisotopic (exact) mass is 536 g/mol. The molecule has 1 amide bonds. The summed E-state index contributed by atoms with van der Waals surface area (Å²) < 4.78 is 2.11. The van der Waals surface area contributed by atoms with Crippen molar-refractivity contribution in [2.75, 3.05) is 19.6 Å². The van der Waals surface area contributed by atoms with E-state index in [9.17, 15) is 4.79 Å². The molecular formula is C28H37ClN8O. The molecule has 1 fully saturated rings. The maximum Gasteiger partial charge on any atom is 0.258 e. The number of hydrazine groups is 1. The van der Waals surface area contributed by atoms with E-state index in [-0.39, 0.29) is 11.9 Å². The molecule has 0 bridgehead atoms. The zero-order valence-electron chi connectivity index (χ0n) is 22.2. The molecule has 2 aromatic carbocycles. The average molecular weight is 537 g/mol. The number of nitrogens with one attached hydrogen (secondary N) is 2. The predicted molar refractivity (Wildman–Crippen MR) is 153 cm³/mol. The largest absolute Gasteiger partial charge is 0.320 e. The normalized spacial score (nSPS) is 15.2. The van der Waals surface area contributed by atoms with Gasteiger partial charge in [-0.2, -0.15) is 5.10 Å². The first-order valence-corrected chi connectivity index (χ1v) is 13.4. The Bertz CT molecular complexity index is 1260. The average Bonchev–Trinajstić information content (AvgIpc) is 3.31. The van der Waals surface area contributed by atoms with Gasteiger partial charge in [0.1, 0.15) is 0 Å². The first-order valence-electron chi connectivity index (χ1n) is 13.0. The molecule has 1 aliphatic heterocycles. The van der Waals surface area contributed by atoms with Crippen molar-refractivity contribution in [1.29, 1.82) is 0 Å². The van der Waals surface area contributed by atoms with Crippen molar-refractivity contribution >= 4 is 23.5 Å². The lowest BCUT2D eigenvalue weighted by atomic mass is 9.92. The highest BCUT2D eigenvalue weighted by Crippen LogP contribution is 2.33. The molecule has 0 saturated carbocycles. The number of aryl methyl sites for hydroxylation is 1. The molecular weight excluding hydrogens is 500 g/mol. The maximum absolute atomic E-state index is 12.4. The number of guanidine groups is 1. The van der Waals surface area contributed by atoms with Crippen LogP contribution in [-0.4, -0.2) is 46.2 Å². The Morgan fingerprint density at radius 3 is 2.47 bits per heavy atom. The Morgan fingerprint density at radius 1 is 1.16 bits per heavy atom. The molecule has 0 spiro atoms. The minimum absolute atomic E-state index is 0.0107. The smallest absolute Gasteiger partial charge is 0.258 e. The number of piperidine rings is 1. The molecule has 0 aliphatic carbocycles. The molecule has 1 aliphatic rings. The third-order valence-electron chi connectivity index (χ3n) is 6.82. The number of aromatic nitrogens is 2. The van der Waals surface area contributed by atoms with Gasteiger partial charge in [0.25, 0.3) is 5.91 Å². The van der Waals surface area contributed by atoms with E-state index in [0.717, 1.165) is 54.9 Å². The lowest BCUT2D eigenvalue weighted by molar-refractivity contribution is 0.0975. The highest BCUT2D eigenvalue weighted by molar-refractivity contribution is 6.30. The van der Waals surface area contributed by atoms with E-state index >= 15 is 0 Å². The van der Waals surface area contributed by atoms with Crippen LogP contribution < -0.4 is 22.4 Å². The summed E-state index contributed by atoms with van der Waals surface area (Å²) >= 11 is 6.37. The molecule has 3 aromatic rings. The van der Waals surface area contributed by atoms with Crippen molar-refractivity contribution in [3.8, 4) is 11.3 Å². The zero-order valence-corrected chi connectivity index (χ0v) is 23.0. The molecule has 0 atom stereocenters. The second-order valence-electron chi connectivity index (χ2n) is 10.4. The van der Waals surface area contributed by atoms with Crippen LogP contribution >= 0.6 is 11.6 Å². The summed E-state index contributed by atoms with van der Waals surface area (Å²) in [6, 6.07) is 15.7. The quantitative estimate of drug-likeness (QED) is 0.157. The lowest BCUT2D eigenvalue weighted by Crippen LogP contribution is -2.45. The molecule has 2 heterocycles. The standard InChI is InChI=1S/C28H37ClN8O/c1-18(2)16-36-10-8-21(9-11-36)26-15-25(23-12-19(3)13-24(29)14-23)35-37(26)17-20-4-6-22(7-5-20)27(38)32-28(33-30)34-31/h4-7,12-15,18,21H,8-11,16-17,30-31H2,1-3H3,(H2,32,33,34,38). The zero-order chi connectivity index (χ0) is 27.2. The van der Waals surface area contributed by atoms with Crippen LogP contribution in [-0.2, 0) is 6.54 Å². The second kappa shape index (κ2) is 12.4. The van der Waals surface area contributed by atoms with E-state index in [2.05, 4.69) is 51.4 Å². The lowest BCUT2D eigenvalue weighted by Gasteiger charge is -2.33. The summed E-state index contributed by atoms with van der Waals surface area (Å²) in [5, 5.41) is 11.6. The molecule has 4 rings (SSSR count). The van der Waals surface area contributed by atoms with Gasteiger partial charge in [0.15, 0.2) is 0 Å². The molecule has 10 heteroatoms. The van der Waals surface area contributed by atoms with Gasteiger partial charge < -0.3 is 10.7 Å². The van der Waals surface area contributed by atoms with E-state index in [1.807, 2.05) is 31.2 Å². The molecule has 38 heavy (non-hydrogen) atoms. The summed E-state index contributed by atoms with van der Waals surface area (Å²) in [6.45, 7) is 10.5. The first-order chi connectivity index (χ1) is 18.2. The summed E-state index contributed by atoms with van der Waals surface area (Å²) in [7, 11) is 0. The van der Waals surface area contributed by atoms with Gasteiger partial charge in [0.05, 0.1) is 12.2 Å². The van der Waals surface area contributed by atoms with Crippen molar-refractivity contribution in [1.82, 2.24) is 25.4 Å². The molecule has 9 nitrogen and oxygen atoms in total. The van der Waals surface area contributed by atoms with Gasteiger partial charge in [-0.25, -0.2) is 5.84 Å². The van der Waals surface area contributed by atoms with E-state index in [0.29, 0.717) is 29.0 Å². The minimum atomic E-state index is -0.356. The number of hydrogen-bond donors (Lipinski definition) is 4. The predicted octanol–water partition coefficient (Wildman–Crippen LogP) is 3.82. The SMILES string of the molecule is Cc1cc(Cl)cc(-c2cc(C3CCN(CC(C)C)CC3)n(Cc3ccc(C(=O)NC(=NN)NN)cc3)n2)c1. The van der Waals surface area contributed by atoms with Gasteiger partial charge in [0.2, 0.25) is 5.96 Å².